The van der Waals surface area contributed by atoms with Gasteiger partial charge in [-0.25, -0.2) is 4.98 Å². The minimum absolute atomic E-state index is 0.0262. The lowest BCUT2D eigenvalue weighted by molar-refractivity contribution is 0.0768. The second-order valence-electron chi connectivity index (χ2n) is 7.09. The first-order chi connectivity index (χ1) is 12.7. The molecule has 1 saturated carbocycles. The largest absolute Gasteiger partial charge is 0.359 e. The number of amides is 1. The Bertz CT molecular complexity index is 802. The molecule has 1 fully saturated rings. The molecule has 0 spiro atoms. The zero-order valence-corrected chi connectivity index (χ0v) is 16.0. The average molecular weight is 372 g/mol. The van der Waals surface area contributed by atoms with E-state index in [-0.39, 0.29) is 5.91 Å². The van der Waals surface area contributed by atoms with Gasteiger partial charge in [-0.05, 0) is 30.9 Å². The molecule has 6 nitrogen and oxygen atoms in total. The van der Waals surface area contributed by atoms with E-state index in [0.717, 1.165) is 23.8 Å². The van der Waals surface area contributed by atoms with Crippen molar-refractivity contribution in [3.63, 3.8) is 0 Å². The zero-order valence-electron chi connectivity index (χ0n) is 15.1. The molecule has 2 aromatic rings. The van der Waals surface area contributed by atoms with Crippen molar-refractivity contribution in [2.75, 3.05) is 18.4 Å². The molecule has 0 aromatic carbocycles. The van der Waals surface area contributed by atoms with Crippen LogP contribution in [0.5, 0.6) is 0 Å². The van der Waals surface area contributed by atoms with Gasteiger partial charge in [0.1, 0.15) is 5.69 Å². The molecular formula is C19H25N5OS. The average Bonchev–Trinajstić information content (AvgIpc) is 3.31. The van der Waals surface area contributed by atoms with Crippen molar-refractivity contribution in [1.82, 2.24) is 19.7 Å². The highest BCUT2D eigenvalue weighted by Gasteiger charge is 2.23. The van der Waals surface area contributed by atoms with E-state index < -0.39 is 0 Å². The van der Waals surface area contributed by atoms with Gasteiger partial charge in [0.05, 0.1) is 5.69 Å². The van der Waals surface area contributed by atoms with Crippen molar-refractivity contribution in [2.24, 2.45) is 7.05 Å². The van der Waals surface area contributed by atoms with Gasteiger partial charge in [0.25, 0.3) is 5.91 Å². The molecule has 4 rings (SSSR count). The third kappa shape index (κ3) is 3.67. The number of thiazole rings is 1. The topological polar surface area (TPSA) is 63.1 Å². The summed E-state index contributed by atoms with van der Waals surface area (Å²) in [5.74, 6) is 0.0262. The number of carbonyl (C=O) groups is 1. The first kappa shape index (κ1) is 17.3. The van der Waals surface area contributed by atoms with Gasteiger partial charge in [-0.1, -0.05) is 25.3 Å². The number of nitrogens with zero attached hydrogens (tertiary/aromatic N) is 4. The van der Waals surface area contributed by atoms with Crippen molar-refractivity contribution < 1.29 is 4.79 Å². The van der Waals surface area contributed by atoms with Crippen LogP contribution in [0.3, 0.4) is 0 Å². The molecule has 0 atom stereocenters. The maximum Gasteiger partial charge on any atom is 0.273 e. The standard InChI is InChI=1S/C19H25N5OS/c1-23-17(7-10-20-23)14-8-11-24(12-9-14)18(25)16-13-26-19(22-16)21-15-5-3-2-4-6-15/h7-8,10,13,15H,2-6,9,11-12H2,1H3,(H,21,22). The second-order valence-corrected chi connectivity index (χ2v) is 7.95. The quantitative estimate of drug-likeness (QED) is 0.893. The first-order valence-electron chi connectivity index (χ1n) is 9.39. The first-order valence-corrected chi connectivity index (χ1v) is 10.3. The van der Waals surface area contributed by atoms with Gasteiger partial charge in [-0.2, -0.15) is 5.10 Å². The summed E-state index contributed by atoms with van der Waals surface area (Å²) in [5, 5.41) is 10.5. The molecule has 2 aliphatic rings. The predicted octanol–water partition coefficient (Wildman–Crippen LogP) is 3.55. The molecule has 0 saturated heterocycles. The third-order valence-electron chi connectivity index (χ3n) is 5.30. The Balaban J connectivity index is 1.38. The SMILES string of the molecule is Cn1nccc1C1=CCN(C(=O)c2csc(NC3CCCCC3)n2)CC1. The van der Waals surface area contributed by atoms with Gasteiger partial charge < -0.3 is 10.2 Å². The van der Waals surface area contributed by atoms with Gasteiger partial charge in [0, 0.05) is 37.8 Å². The van der Waals surface area contributed by atoms with E-state index in [1.54, 1.807) is 0 Å². The summed E-state index contributed by atoms with van der Waals surface area (Å²) in [6, 6.07) is 2.53. The summed E-state index contributed by atoms with van der Waals surface area (Å²) in [6.07, 6.45) is 11.1. The molecule has 0 unspecified atom stereocenters. The Hall–Kier alpha value is -2.15. The molecular weight excluding hydrogens is 346 g/mol. The molecule has 1 amide bonds. The van der Waals surface area contributed by atoms with E-state index in [1.807, 2.05) is 34.3 Å². The maximum atomic E-state index is 12.8. The summed E-state index contributed by atoms with van der Waals surface area (Å²) in [7, 11) is 1.95. The summed E-state index contributed by atoms with van der Waals surface area (Å²) in [5.41, 5.74) is 2.95. The van der Waals surface area contributed by atoms with Gasteiger partial charge in [-0.15, -0.1) is 11.3 Å². The molecule has 138 valence electrons. The van der Waals surface area contributed by atoms with Crippen molar-refractivity contribution in [3.05, 3.63) is 35.1 Å². The number of anilines is 1. The van der Waals surface area contributed by atoms with Crippen LogP contribution in [-0.2, 0) is 7.05 Å². The van der Waals surface area contributed by atoms with E-state index in [2.05, 4.69) is 21.5 Å². The van der Waals surface area contributed by atoms with Crippen molar-refractivity contribution in [3.8, 4) is 0 Å². The van der Waals surface area contributed by atoms with Crippen LogP contribution in [0.2, 0.25) is 0 Å². The molecule has 26 heavy (non-hydrogen) atoms. The normalized spacial score (nSPS) is 18.7. The number of carbonyl (C=O) groups excluding carboxylic acids is 1. The van der Waals surface area contributed by atoms with Gasteiger partial charge >= 0.3 is 0 Å². The van der Waals surface area contributed by atoms with Crippen molar-refractivity contribution in [1.29, 1.82) is 0 Å². The molecule has 0 radical (unpaired) electrons. The lowest BCUT2D eigenvalue weighted by atomic mass is 9.96. The van der Waals surface area contributed by atoms with Crippen molar-refractivity contribution in [2.45, 2.75) is 44.6 Å². The van der Waals surface area contributed by atoms with E-state index in [9.17, 15) is 4.79 Å². The lowest BCUT2D eigenvalue weighted by Gasteiger charge is -2.26. The van der Waals surface area contributed by atoms with E-state index in [1.165, 1.54) is 49.0 Å². The number of nitrogens with one attached hydrogen (secondary N) is 1. The minimum atomic E-state index is 0.0262. The highest BCUT2D eigenvalue weighted by atomic mass is 32.1. The van der Waals surface area contributed by atoms with Crippen LogP contribution in [0.4, 0.5) is 5.13 Å². The van der Waals surface area contributed by atoms with Gasteiger partial charge in [-0.3, -0.25) is 9.48 Å². The van der Waals surface area contributed by atoms with E-state index in [0.29, 0.717) is 18.3 Å². The summed E-state index contributed by atoms with van der Waals surface area (Å²) in [6.45, 7) is 1.35. The number of rotatable bonds is 4. The van der Waals surface area contributed by atoms with Gasteiger partial charge in [0.15, 0.2) is 5.13 Å². The van der Waals surface area contributed by atoms with Gasteiger partial charge in [0.2, 0.25) is 0 Å². The minimum Gasteiger partial charge on any atom is -0.359 e. The Morgan fingerprint density at radius 3 is 2.85 bits per heavy atom. The zero-order chi connectivity index (χ0) is 17.9. The molecule has 3 heterocycles. The van der Waals surface area contributed by atoms with Crippen LogP contribution in [0.25, 0.3) is 5.57 Å². The van der Waals surface area contributed by atoms with Crippen LogP contribution < -0.4 is 5.32 Å². The lowest BCUT2D eigenvalue weighted by Crippen LogP contribution is -2.35. The molecule has 0 bridgehead atoms. The molecule has 7 heteroatoms. The monoisotopic (exact) mass is 371 g/mol. The van der Waals surface area contributed by atoms with Crippen LogP contribution >= 0.6 is 11.3 Å². The third-order valence-corrected chi connectivity index (χ3v) is 6.08. The Kier molecular flexibility index (Phi) is 5.06. The summed E-state index contributed by atoms with van der Waals surface area (Å²) in [4.78, 5) is 19.2. The van der Waals surface area contributed by atoms with Crippen LogP contribution in [0.1, 0.15) is 54.7 Å². The van der Waals surface area contributed by atoms with Crippen LogP contribution in [0, 0.1) is 0 Å². The van der Waals surface area contributed by atoms with Crippen LogP contribution in [0.15, 0.2) is 23.7 Å². The predicted molar refractivity (Wildman–Crippen MR) is 104 cm³/mol. The Morgan fingerprint density at radius 1 is 1.31 bits per heavy atom. The molecule has 2 aromatic heterocycles. The Morgan fingerprint density at radius 2 is 2.15 bits per heavy atom. The van der Waals surface area contributed by atoms with E-state index >= 15 is 0 Å². The highest BCUT2D eigenvalue weighted by Crippen LogP contribution is 2.26. The fourth-order valence-corrected chi connectivity index (χ4v) is 4.56. The number of aromatic nitrogens is 3. The van der Waals surface area contributed by atoms with E-state index in [4.69, 9.17) is 0 Å². The van der Waals surface area contributed by atoms with Crippen molar-refractivity contribution >= 4 is 27.9 Å². The fraction of sp³-hybridized carbons (Fsp3) is 0.526. The summed E-state index contributed by atoms with van der Waals surface area (Å²) < 4.78 is 1.88. The number of hydrogen-bond acceptors (Lipinski definition) is 5. The fourth-order valence-electron chi connectivity index (χ4n) is 3.80. The maximum absolute atomic E-state index is 12.8. The molecule has 1 aliphatic heterocycles. The number of aryl methyl sites for hydroxylation is 1. The highest BCUT2D eigenvalue weighted by molar-refractivity contribution is 7.13. The second kappa shape index (κ2) is 7.61. The molecule has 1 aliphatic carbocycles. The van der Waals surface area contributed by atoms with Crippen LogP contribution in [-0.4, -0.2) is 44.7 Å². The Labute approximate surface area is 157 Å². The number of hydrogen-bond donors (Lipinski definition) is 1. The smallest absolute Gasteiger partial charge is 0.273 e. The molecule has 1 N–H and O–H groups in total. The summed E-state index contributed by atoms with van der Waals surface area (Å²) >= 11 is 1.54.